The molecule has 3 aliphatic rings. The molecule has 6 nitrogen and oxygen atoms in total. The number of carbonyl (C=O) groups excluding carboxylic acids is 1. The summed E-state index contributed by atoms with van der Waals surface area (Å²) in [4.78, 5) is 17.0. The van der Waals surface area contributed by atoms with E-state index in [4.69, 9.17) is 10.5 Å². The van der Waals surface area contributed by atoms with Crippen molar-refractivity contribution in [2.45, 2.75) is 51.7 Å². The van der Waals surface area contributed by atoms with Crippen LogP contribution in [0.25, 0.3) is 0 Å². The van der Waals surface area contributed by atoms with Crippen molar-refractivity contribution in [3.05, 3.63) is 24.3 Å². The lowest BCUT2D eigenvalue weighted by Crippen LogP contribution is -2.39. The molecule has 6 heteroatoms. The number of carbonyl (C=O) groups is 1. The normalized spacial score (nSPS) is 27.6. The Morgan fingerprint density at radius 2 is 1.76 bits per heavy atom. The lowest BCUT2D eigenvalue weighted by molar-refractivity contribution is 0.0513. The molecule has 160 valence electrons. The van der Waals surface area contributed by atoms with E-state index in [1.54, 1.807) is 0 Å². The number of nitrogen functional groups attached to an aromatic ring is 1. The monoisotopic (exact) mass is 400 g/mol. The van der Waals surface area contributed by atoms with Crippen molar-refractivity contribution in [3.63, 3.8) is 0 Å². The molecule has 0 radical (unpaired) electrons. The lowest BCUT2D eigenvalue weighted by atomic mass is 9.93. The Kier molecular flexibility index (Phi) is 5.65. The molecule has 2 saturated heterocycles. The molecule has 1 amide bonds. The predicted octanol–water partition coefficient (Wildman–Crippen LogP) is 3.33. The van der Waals surface area contributed by atoms with E-state index in [0.29, 0.717) is 17.9 Å². The van der Waals surface area contributed by atoms with Crippen LogP contribution >= 0.6 is 0 Å². The second kappa shape index (κ2) is 8.05. The van der Waals surface area contributed by atoms with Gasteiger partial charge in [-0.05, 0) is 88.6 Å². The minimum atomic E-state index is -0.427. The number of nitrogens with zero attached hydrogens (tertiary/aromatic N) is 2. The smallest absolute Gasteiger partial charge is 0.407 e. The number of anilines is 2. The molecule has 2 aliphatic heterocycles. The first-order valence-corrected chi connectivity index (χ1v) is 11.1. The summed E-state index contributed by atoms with van der Waals surface area (Å²) in [6.45, 7) is 11.4. The molecule has 29 heavy (non-hydrogen) atoms. The van der Waals surface area contributed by atoms with Gasteiger partial charge >= 0.3 is 6.09 Å². The van der Waals surface area contributed by atoms with E-state index >= 15 is 0 Å². The third-order valence-electron chi connectivity index (χ3n) is 6.68. The summed E-state index contributed by atoms with van der Waals surface area (Å²) in [5.41, 5.74) is 7.49. The Bertz CT molecular complexity index is 695. The van der Waals surface area contributed by atoms with Crippen molar-refractivity contribution in [1.82, 2.24) is 10.2 Å². The Balaban J connectivity index is 1.12. The largest absolute Gasteiger partial charge is 0.444 e. The van der Waals surface area contributed by atoms with Crippen LogP contribution in [-0.4, -0.2) is 55.4 Å². The number of benzene rings is 1. The van der Waals surface area contributed by atoms with Gasteiger partial charge in [-0.25, -0.2) is 4.79 Å². The first-order valence-electron chi connectivity index (χ1n) is 11.1. The molecule has 3 N–H and O–H groups in total. The summed E-state index contributed by atoms with van der Waals surface area (Å²) < 4.78 is 5.38. The first-order chi connectivity index (χ1) is 13.8. The van der Waals surface area contributed by atoms with Crippen molar-refractivity contribution in [2.75, 3.05) is 43.4 Å². The maximum absolute atomic E-state index is 11.9. The topological polar surface area (TPSA) is 70.8 Å². The van der Waals surface area contributed by atoms with Gasteiger partial charge in [0, 0.05) is 43.6 Å². The molecule has 1 aliphatic carbocycles. The van der Waals surface area contributed by atoms with Crippen molar-refractivity contribution >= 4 is 17.5 Å². The van der Waals surface area contributed by atoms with Gasteiger partial charge in [0.05, 0.1) is 0 Å². The predicted molar refractivity (Wildman–Crippen MR) is 117 cm³/mol. The van der Waals surface area contributed by atoms with Crippen molar-refractivity contribution < 1.29 is 9.53 Å². The number of hydrogen-bond acceptors (Lipinski definition) is 5. The average Bonchev–Trinajstić information content (AvgIpc) is 3.10. The summed E-state index contributed by atoms with van der Waals surface area (Å²) in [5.74, 6) is 2.07. The van der Waals surface area contributed by atoms with Gasteiger partial charge in [-0.15, -0.1) is 0 Å². The van der Waals surface area contributed by atoms with Crippen LogP contribution in [0.2, 0.25) is 0 Å². The highest BCUT2D eigenvalue weighted by Gasteiger charge is 2.56. The quantitative estimate of drug-likeness (QED) is 0.742. The molecular formula is C23H36N4O2. The molecule has 2 heterocycles. The van der Waals surface area contributed by atoms with Gasteiger partial charge in [-0.1, -0.05) is 0 Å². The molecule has 0 aromatic heterocycles. The first kappa shape index (κ1) is 20.3. The zero-order valence-corrected chi connectivity index (χ0v) is 18.1. The molecular weight excluding hydrogens is 364 g/mol. The lowest BCUT2D eigenvalue weighted by Gasteiger charge is -2.34. The van der Waals surface area contributed by atoms with Crippen LogP contribution in [0.15, 0.2) is 24.3 Å². The average molecular weight is 401 g/mol. The Labute approximate surface area is 174 Å². The molecule has 1 aromatic carbocycles. The van der Waals surface area contributed by atoms with Gasteiger partial charge in [-0.2, -0.15) is 0 Å². The van der Waals surface area contributed by atoms with Crippen molar-refractivity contribution in [2.24, 2.45) is 17.8 Å². The van der Waals surface area contributed by atoms with E-state index < -0.39 is 5.60 Å². The summed E-state index contributed by atoms with van der Waals surface area (Å²) in [5, 5.41) is 3.06. The maximum Gasteiger partial charge on any atom is 0.407 e. The number of rotatable bonds is 5. The van der Waals surface area contributed by atoms with Gasteiger partial charge in [0.1, 0.15) is 5.60 Å². The third-order valence-corrected chi connectivity index (χ3v) is 6.68. The van der Waals surface area contributed by atoms with Crippen LogP contribution in [-0.2, 0) is 4.74 Å². The van der Waals surface area contributed by atoms with E-state index in [-0.39, 0.29) is 6.09 Å². The van der Waals surface area contributed by atoms with Crippen LogP contribution in [0.5, 0.6) is 0 Å². The molecule has 0 spiro atoms. The van der Waals surface area contributed by atoms with E-state index in [1.165, 1.54) is 31.5 Å². The minimum absolute atomic E-state index is 0.267. The summed E-state index contributed by atoms with van der Waals surface area (Å²) in [6, 6.07) is 8.57. The third kappa shape index (κ3) is 5.16. The van der Waals surface area contributed by atoms with Gasteiger partial charge in [0.2, 0.25) is 0 Å². The second-order valence-corrected chi connectivity index (χ2v) is 10.1. The zero-order chi connectivity index (χ0) is 20.6. The fraction of sp³-hybridized carbons (Fsp3) is 0.696. The van der Waals surface area contributed by atoms with Crippen LogP contribution in [0.4, 0.5) is 16.2 Å². The summed E-state index contributed by atoms with van der Waals surface area (Å²) in [7, 11) is 0. The molecule has 1 saturated carbocycles. The van der Waals surface area contributed by atoms with Crippen LogP contribution in [0.3, 0.4) is 0 Å². The number of fused-ring (bicyclic) bond motifs is 1. The highest BCUT2D eigenvalue weighted by molar-refractivity contribution is 5.68. The zero-order valence-electron chi connectivity index (χ0n) is 18.1. The van der Waals surface area contributed by atoms with E-state index in [1.807, 2.05) is 32.9 Å². The van der Waals surface area contributed by atoms with Crippen LogP contribution in [0, 0.1) is 17.8 Å². The van der Waals surface area contributed by atoms with Crippen LogP contribution < -0.4 is 16.0 Å². The molecule has 3 fully saturated rings. The molecule has 4 rings (SSSR count). The fourth-order valence-electron chi connectivity index (χ4n) is 4.98. The molecule has 3 atom stereocenters. The number of alkyl carbamates (subject to hydrolysis) is 1. The number of amides is 1. The highest BCUT2D eigenvalue weighted by Crippen LogP contribution is 2.45. The Morgan fingerprint density at radius 3 is 2.34 bits per heavy atom. The number of ether oxygens (including phenoxy) is 1. The van der Waals surface area contributed by atoms with Crippen molar-refractivity contribution in [1.29, 1.82) is 0 Å². The summed E-state index contributed by atoms with van der Waals surface area (Å²) in [6.07, 6.45) is 3.57. The minimum Gasteiger partial charge on any atom is -0.444 e. The fourth-order valence-corrected chi connectivity index (χ4v) is 4.98. The standard InChI is InChI=1S/C23H36N4O2/c1-23(2,3)29-22(28)25-21-19-14-26(15-20(19)21)11-8-16-9-12-27(13-10-16)18-6-4-17(24)5-7-18/h4-7,16,19-21H,8-15,24H2,1-3H3,(H,25,28)/t19-,20+,21?. The molecule has 0 bridgehead atoms. The van der Waals surface area contributed by atoms with E-state index in [9.17, 15) is 4.79 Å². The van der Waals surface area contributed by atoms with Crippen molar-refractivity contribution in [3.8, 4) is 0 Å². The number of nitrogens with one attached hydrogen (secondary N) is 1. The van der Waals surface area contributed by atoms with Gasteiger partial charge in [-0.3, -0.25) is 0 Å². The van der Waals surface area contributed by atoms with Gasteiger partial charge < -0.3 is 25.6 Å². The summed E-state index contributed by atoms with van der Waals surface area (Å²) >= 11 is 0. The SMILES string of the molecule is CC(C)(C)OC(=O)NC1[C@H]2CN(CCC3CCN(c4ccc(N)cc4)CC3)C[C@@H]12. The maximum atomic E-state index is 11.9. The number of hydrogen-bond donors (Lipinski definition) is 2. The van der Waals surface area contributed by atoms with Crippen LogP contribution in [0.1, 0.15) is 40.0 Å². The Morgan fingerprint density at radius 1 is 1.14 bits per heavy atom. The number of likely N-dealkylation sites (tertiary alicyclic amines) is 1. The number of nitrogens with two attached hydrogens (primary N) is 1. The second-order valence-electron chi connectivity index (χ2n) is 10.1. The highest BCUT2D eigenvalue weighted by atomic mass is 16.6. The Hall–Kier alpha value is -1.95. The molecule has 1 aromatic rings. The van der Waals surface area contributed by atoms with E-state index in [0.717, 1.165) is 37.8 Å². The van der Waals surface area contributed by atoms with Gasteiger partial charge in [0.25, 0.3) is 0 Å². The van der Waals surface area contributed by atoms with Gasteiger partial charge in [0.15, 0.2) is 0 Å². The molecule has 1 unspecified atom stereocenters. The van der Waals surface area contributed by atoms with E-state index in [2.05, 4.69) is 27.2 Å². The number of piperidine rings is 2.